The summed E-state index contributed by atoms with van der Waals surface area (Å²) in [5, 5.41) is 3.05. The van der Waals surface area contributed by atoms with E-state index >= 15 is 0 Å². The third-order valence-electron chi connectivity index (χ3n) is 1.93. The Labute approximate surface area is 77.7 Å². The van der Waals surface area contributed by atoms with Crippen molar-refractivity contribution >= 4 is 0 Å². The second-order valence-corrected chi connectivity index (χ2v) is 2.85. The maximum Gasteiger partial charge on any atom is 0.123 e. The van der Waals surface area contributed by atoms with Gasteiger partial charge >= 0.3 is 0 Å². The highest BCUT2D eigenvalue weighted by Crippen LogP contribution is 2.13. The maximum atomic E-state index is 12.8. The fourth-order valence-electron chi connectivity index (χ4n) is 1.24. The Morgan fingerprint density at radius 1 is 1.54 bits per heavy atom. The normalized spacial score (nSPS) is 12.8. The van der Waals surface area contributed by atoms with Gasteiger partial charge in [-0.2, -0.15) is 0 Å². The number of hydrogen-bond donors (Lipinski definition) is 1. The maximum absolute atomic E-state index is 12.8. The average molecular weight is 183 g/mol. The smallest absolute Gasteiger partial charge is 0.123 e. The highest BCUT2D eigenvalue weighted by Gasteiger charge is 2.08. The topological polar surface area (TPSA) is 21.3 Å². The van der Waals surface area contributed by atoms with E-state index in [9.17, 15) is 4.39 Å². The number of hydrogen-bond acceptors (Lipinski definition) is 2. The summed E-state index contributed by atoms with van der Waals surface area (Å²) in [5.74, 6) is -0.214. The molecule has 1 aromatic carbocycles. The minimum Gasteiger partial charge on any atom is -0.383 e. The van der Waals surface area contributed by atoms with Gasteiger partial charge in [-0.3, -0.25) is 0 Å². The largest absolute Gasteiger partial charge is 0.383 e. The molecule has 0 aromatic heterocycles. The van der Waals surface area contributed by atoms with Gasteiger partial charge < -0.3 is 10.1 Å². The third-order valence-corrected chi connectivity index (χ3v) is 1.93. The molecule has 1 aromatic rings. The lowest BCUT2D eigenvalue weighted by Gasteiger charge is -2.15. The summed E-state index contributed by atoms with van der Waals surface area (Å²) < 4.78 is 17.8. The Kier molecular flexibility index (Phi) is 3.86. The Balaban J connectivity index is 2.78. The monoisotopic (exact) mass is 183 g/mol. The first-order valence-corrected chi connectivity index (χ1v) is 4.19. The van der Waals surface area contributed by atoms with E-state index in [1.807, 2.05) is 13.1 Å². The van der Waals surface area contributed by atoms with E-state index in [4.69, 9.17) is 4.74 Å². The molecule has 0 spiro atoms. The first kappa shape index (κ1) is 10.2. The third kappa shape index (κ3) is 2.79. The van der Waals surface area contributed by atoms with Crippen LogP contribution in [0.4, 0.5) is 4.39 Å². The van der Waals surface area contributed by atoms with Crippen molar-refractivity contribution in [2.45, 2.75) is 6.04 Å². The number of benzene rings is 1. The molecule has 2 nitrogen and oxygen atoms in total. The van der Waals surface area contributed by atoms with Gasteiger partial charge in [0.1, 0.15) is 5.82 Å². The van der Waals surface area contributed by atoms with Crippen LogP contribution in [0.5, 0.6) is 0 Å². The molecule has 0 aliphatic rings. The summed E-state index contributed by atoms with van der Waals surface area (Å²) in [6, 6.07) is 6.58. The number of methoxy groups -OCH3 is 1. The van der Waals surface area contributed by atoms with Gasteiger partial charge in [-0.15, -0.1) is 0 Å². The van der Waals surface area contributed by atoms with E-state index in [1.54, 1.807) is 13.2 Å². The predicted octanol–water partition coefficient (Wildman–Crippen LogP) is 1.73. The van der Waals surface area contributed by atoms with Crippen molar-refractivity contribution in [3.05, 3.63) is 35.6 Å². The van der Waals surface area contributed by atoms with Gasteiger partial charge in [-0.05, 0) is 24.7 Å². The number of likely N-dealkylation sites (N-methyl/N-ethyl adjacent to an activating group) is 1. The fourth-order valence-corrected chi connectivity index (χ4v) is 1.24. The van der Waals surface area contributed by atoms with E-state index in [0.29, 0.717) is 6.61 Å². The molecule has 1 rings (SSSR count). The van der Waals surface area contributed by atoms with Crippen LogP contribution in [0.2, 0.25) is 0 Å². The van der Waals surface area contributed by atoms with Crippen LogP contribution in [0.25, 0.3) is 0 Å². The molecule has 0 aliphatic heterocycles. The number of nitrogens with one attached hydrogen (secondary N) is 1. The van der Waals surface area contributed by atoms with Crippen molar-refractivity contribution < 1.29 is 9.13 Å². The lowest BCUT2D eigenvalue weighted by Crippen LogP contribution is -2.21. The zero-order valence-electron chi connectivity index (χ0n) is 7.88. The van der Waals surface area contributed by atoms with Crippen LogP contribution in [0.3, 0.4) is 0 Å². The average Bonchev–Trinajstić information content (AvgIpc) is 2.14. The molecule has 3 heteroatoms. The van der Waals surface area contributed by atoms with Crippen molar-refractivity contribution in [3.8, 4) is 0 Å². The molecule has 1 N–H and O–H groups in total. The van der Waals surface area contributed by atoms with Crippen molar-refractivity contribution in [2.24, 2.45) is 0 Å². The highest BCUT2D eigenvalue weighted by molar-refractivity contribution is 5.20. The molecular formula is C10H14FNO. The molecular weight excluding hydrogens is 169 g/mol. The van der Waals surface area contributed by atoms with Crippen molar-refractivity contribution in [1.29, 1.82) is 0 Å². The number of halogens is 1. The molecule has 1 atom stereocenters. The number of ether oxygens (including phenoxy) is 1. The van der Waals surface area contributed by atoms with Crippen LogP contribution in [0, 0.1) is 5.82 Å². The van der Waals surface area contributed by atoms with Crippen LogP contribution in [0.1, 0.15) is 11.6 Å². The van der Waals surface area contributed by atoms with Gasteiger partial charge in [0, 0.05) is 7.11 Å². The lowest BCUT2D eigenvalue weighted by molar-refractivity contribution is 0.170. The summed E-state index contributed by atoms with van der Waals surface area (Å²) in [7, 11) is 3.46. The Morgan fingerprint density at radius 3 is 2.85 bits per heavy atom. The summed E-state index contributed by atoms with van der Waals surface area (Å²) in [6.07, 6.45) is 0. The predicted molar refractivity (Wildman–Crippen MR) is 50.1 cm³/mol. The van der Waals surface area contributed by atoms with Crippen molar-refractivity contribution in [3.63, 3.8) is 0 Å². The minimum atomic E-state index is -0.214. The summed E-state index contributed by atoms with van der Waals surface area (Å²) in [6.45, 7) is 0.542. The molecule has 0 amide bonds. The van der Waals surface area contributed by atoms with E-state index in [1.165, 1.54) is 12.1 Å². The molecule has 1 unspecified atom stereocenters. The van der Waals surface area contributed by atoms with Crippen LogP contribution in [0.15, 0.2) is 24.3 Å². The zero-order chi connectivity index (χ0) is 9.68. The quantitative estimate of drug-likeness (QED) is 0.767. The fraction of sp³-hybridized carbons (Fsp3) is 0.400. The van der Waals surface area contributed by atoms with Crippen molar-refractivity contribution in [1.82, 2.24) is 5.32 Å². The molecule has 72 valence electrons. The van der Waals surface area contributed by atoms with Gasteiger partial charge in [0.2, 0.25) is 0 Å². The van der Waals surface area contributed by atoms with E-state index < -0.39 is 0 Å². The SMILES string of the molecule is CNC(COC)c1cccc(F)c1. The Bertz CT molecular complexity index is 265. The van der Waals surface area contributed by atoms with Crippen LogP contribution in [-0.2, 0) is 4.74 Å². The second-order valence-electron chi connectivity index (χ2n) is 2.85. The first-order valence-electron chi connectivity index (χ1n) is 4.19. The minimum absolute atomic E-state index is 0.0562. The lowest BCUT2D eigenvalue weighted by atomic mass is 10.1. The van der Waals surface area contributed by atoms with Crippen LogP contribution < -0.4 is 5.32 Å². The van der Waals surface area contributed by atoms with Gasteiger partial charge in [0.15, 0.2) is 0 Å². The molecule has 0 aliphatic carbocycles. The molecule has 0 heterocycles. The van der Waals surface area contributed by atoms with Crippen LogP contribution >= 0.6 is 0 Å². The molecule has 0 bridgehead atoms. The second kappa shape index (κ2) is 4.94. The van der Waals surface area contributed by atoms with Crippen LogP contribution in [-0.4, -0.2) is 20.8 Å². The Morgan fingerprint density at radius 2 is 2.31 bits per heavy atom. The summed E-state index contributed by atoms with van der Waals surface area (Å²) in [4.78, 5) is 0. The summed E-state index contributed by atoms with van der Waals surface area (Å²) >= 11 is 0. The molecule has 0 radical (unpaired) electrons. The molecule has 0 fully saturated rings. The first-order chi connectivity index (χ1) is 6.27. The molecule has 0 saturated heterocycles. The highest BCUT2D eigenvalue weighted by atomic mass is 19.1. The van der Waals surface area contributed by atoms with Gasteiger partial charge in [-0.1, -0.05) is 12.1 Å². The van der Waals surface area contributed by atoms with E-state index in [-0.39, 0.29) is 11.9 Å². The summed E-state index contributed by atoms with van der Waals surface area (Å²) in [5.41, 5.74) is 0.907. The van der Waals surface area contributed by atoms with Gasteiger partial charge in [0.25, 0.3) is 0 Å². The van der Waals surface area contributed by atoms with E-state index in [0.717, 1.165) is 5.56 Å². The molecule has 0 saturated carbocycles. The standard InChI is InChI=1S/C10H14FNO/c1-12-10(7-13-2)8-4-3-5-9(11)6-8/h3-6,10,12H,7H2,1-2H3. The van der Waals surface area contributed by atoms with Gasteiger partial charge in [0.05, 0.1) is 12.6 Å². The number of rotatable bonds is 4. The Hall–Kier alpha value is -0.930. The van der Waals surface area contributed by atoms with Gasteiger partial charge in [-0.25, -0.2) is 4.39 Å². The van der Waals surface area contributed by atoms with E-state index in [2.05, 4.69) is 5.32 Å². The zero-order valence-corrected chi connectivity index (χ0v) is 7.88. The van der Waals surface area contributed by atoms with Crippen molar-refractivity contribution in [2.75, 3.05) is 20.8 Å². The molecule has 13 heavy (non-hydrogen) atoms.